The van der Waals surface area contributed by atoms with E-state index in [9.17, 15) is 18.3 Å². The lowest BCUT2D eigenvalue weighted by Gasteiger charge is -2.21. The SMILES string of the molecule is COc1cc(Cl)ccc1S(=O)(=O)N1CCC(C)(C(=O)O)C1. The lowest BCUT2D eigenvalue weighted by atomic mass is 9.90. The Balaban J connectivity index is 2.38. The second-order valence-electron chi connectivity index (χ2n) is 5.25. The normalized spacial score (nSPS) is 23.2. The number of carboxylic acids is 1. The first-order valence-electron chi connectivity index (χ1n) is 6.28. The zero-order valence-electron chi connectivity index (χ0n) is 11.7. The van der Waals surface area contributed by atoms with Crippen LogP contribution >= 0.6 is 11.6 Å². The maximum Gasteiger partial charge on any atom is 0.310 e. The Labute approximate surface area is 128 Å². The number of halogens is 1. The van der Waals surface area contributed by atoms with Crippen LogP contribution in [0.15, 0.2) is 23.1 Å². The van der Waals surface area contributed by atoms with Crippen molar-refractivity contribution < 1.29 is 23.1 Å². The molecule has 0 spiro atoms. The van der Waals surface area contributed by atoms with Crippen molar-refractivity contribution in [2.75, 3.05) is 20.2 Å². The van der Waals surface area contributed by atoms with Crippen LogP contribution in [0.2, 0.25) is 5.02 Å². The molecule has 6 nitrogen and oxygen atoms in total. The second kappa shape index (κ2) is 5.47. The maximum absolute atomic E-state index is 12.6. The van der Waals surface area contributed by atoms with E-state index in [-0.39, 0.29) is 30.2 Å². The first-order valence-corrected chi connectivity index (χ1v) is 8.09. The van der Waals surface area contributed by atoms with E-state index < -0.39 is 21.4 Å². The summed E-state index contributed by atoms with van der Waals surface area (Å²) in [5.41, 5.74) is -1.06. The molecule has 1 saturated heterocycles. The average Bonchev–Trinajstić information content (AvgIpc) is 2.83. The van der Waals surface area contributed by atoms with Crippen molar-refractivity contribution in [3.8, 4) is 5.75 Å². The molecule has 1 aromatic carbocycles. The predicted octanol–water partition coefficient (Wildman–Crippen LogP) is 1.83. The number of methoxy groups -OCH3 is 1. The summed E-state index contributed by atoms with van der Waals surface area (Å²) in [7, 11) is -2.46. The summed E-state index contributed by atoms with van der Waals surface area (Å²) in [5, 5.41) is 9.56. The van der Waals surface area contributed by atoms with E-state index in [0.717, 1.165) is 0 Å². The van der Waals surface area contributed by atoms with Gasteiger partial charge in [-0.25, -0.2) is 8.42 Å². The molecule has 0 aromatic heterocycles. The largest absolute Gasteiger partial charge is 0.495 e. The van der Waals surface area contributed by atoms with E-state index in [0.29, 0.717) is 5.02 Å². The van der Waals surface area contributed by atoms with E-state index in [4.69, 9.17) is 16.3 Å². The van der Waals surface area contributed by atoms with Gasteiger partial charge in [-0.1, -0.05) is 11.6 Å². The third-order valence-corrected chi connectivity index (χ3v) is 5.82. The molecule has 1 aliphatic rings. The van der Waals surface area contributed by atoms with E-state index >= 15 is 0 Å². The lowest BCUT2D eigenvalue weighted by molar-refractivity contribution is -0.146. The number of benzene rings is 1. The van der Waals surface area contributed by atoms with E-state index in [1.54, 1.807) is 6.92 Å². The molecule has 0 radical (unpaired) electrons. The van der Waals surface area contributed by atoms with Gasteiger partial charge < -0.3 is 9.84 Å². The minimum atomic E-state index is -3.82. The van der Waals surface area contributed by atoms with Crippen LogP contribution in [-0.4, -0.2) is 44.0 Å². The van der Waals surface area contributed by atoms with Gasteiger partial charge in [0.05, 0.1) is 12.5 Å². The standard InChI is InChI=1S/C13H16ClNO5S/c1-13(12(16)17)5-6-15(8-13)21(18,19)11-4-3-9(14)7-10(11)20-2/h3-4,7H,5-6,8H2,1-2H3,(H,16,17). The van der Waals surface area contributed by atoms with Gasteiger partial charge in [0, 0.05) is 24.2 Å². The van der Waals surface area contributed by atoms with Crippen LogP contribution < -0.4 is 4.74 Å². The van der Waals surface area contributed by atoms with Crippen LogP contribution in [0.3, 0.4) is 0 Å². The third-order valence-electron chi connectivity index (χ3n) is 3.70. The van der Waals surface area contributed by atoms with Crippen molar-refractivity contribution in [3.05, 3.63) is 23.2 Å². The molecule has 0 saturated carbocycles. The molecule has 1 aliphatic heterocycles. The van der Waals surface area contributed by atoms with Crippen LogP contribution in [-0.2, 0) is 14.8 Å². The number of rotatable bonds is 4. The molecule has 0 bridgehead atoms. The summed E-state index contributed by atoms with van der Waals surface area (Å²) in [4.78, 5) is 11.2. The lowest BCUT2D eigenvalue weighted by Crippen LogP contribution is -2.35. The molecule has 116 valence electrons. The molecule has 2 rings (SSSR count). The van der Waals surface area contributed by atoms with E-state index in [2.05, 4.69) is 0 Å². The summed E-state index contributed by atoms with van der Waals surface area (Å²) in [6.45, 7) is 1.65. The summed E-state index contributed by atoms with van der Waals surface area (Å²) in [5.74, 6) is -0.852. The van der Waals surface area contributed by atoms with Crippen molar-refractivity contribution in [2.24, 2.45) is 5.41 Å². The van der Waals surface area contributed by atoms with Gasteiger partial charge >= 0.3 is 5.97 Å². The van der Waals surface area contributed by atoms with Crippen LogP contribution in [0.25, 0.3) is 0 Å². The first kappa shape index (κ1) is 16.1. The number of carboxylic acid groups (broad SMARTS) is 1. The van der Waals surface area contributed by atoms with E-state index in [1.807, 2.05) is 0 Å². The van der Waals surface area contributed by atoms with Gasteiger partial charge in [0.15, 0.2) is 0 Å². The fourth-order valence-electron chi connectivity index (χ4n) is 2.29. The highest BCUT2D eigenvalue weighted by atomic mass is 35.5. The van der Waals surface area contributed by atoms with Crippen molar-refractivity contribution >= 4 is 27.6 Å². The average molecular weight is 334 g/mol. The molecule has 1 aromatic rings. The van der Waals surface area contributed by atoms with Crippen LogP contribution in [0.4, 0.5) is 0 Å². The highest BCUT2D eigenvalue weighted by Gasteiger charge is 2.45. The number of hydrogen-bond acceptors (Lipinski definition) is 4. The molecule has 0 amide bonds. The van der Waals surface area contributed by atoms with Crippen LogP contribution in [0, 0.1) is 5.41 Å². The molecule has 1 unspecified atom stereocenters. The van der Waals surface area contributed by atoms with Gasteiger partial charge in [0.2, 0.25) is 10.0 Å². The Hall–Kier alpha value is -1.31. The topological polar surface area (TPSA) is 83.9 Å². The summed E-state index contributed by atoms with van der Waals surface area (Å²) in [6.07, 6.45) is 0.275. The minimum absolute atomic E-state index is 0.0101. The number of nitrogens with zero attached hydrogens (tertiary/aromatic N) is 1. The van der Waals surface area contributed by atoms with Crippen molar-refractivity contribution in [1.82, 2.24) is 4.31 Å². The Morgan fingerprint density at radius 2 is 2.14 bits per heavy atom. The van der Waals surface area contributed by atoms with Crippen molar-refractivity contribution in [2.45, 2.75) is 18.2 Å². The molecule has 1 heterocycles. The number of ether oxygens (including phenoxy) is 1. The fraction of sp³-hybridized carbons (Fsp3) is 0.462. The zero-order chi connectivity index (χ0) is 15.8. The highest BCUT2D eigenvalue weighted by Crippen LogP contribution is 2.36. The number of sulfonamides is 1. The molecule has 1 N–H and O–H groups in total. The Morgan fingerprint density at radius 3 is 2.67 bits per heavy atom. The van der Waals surface area contributed by atoms with Gasteiger partial charge in [0.25, 0.3) is 0 Å². The molecule has 1 fully saturated rings. The number of aliphatic carboxylic acids is 1. The predicted molar refractivity (Wildman–Crippen MR) is 77.1 cm³/mol. The maximum atomic E-state index is 12.6. The Bertz CT molecular complexity index is 675. The molecule has 0 aliphatic carbocycles. The van der Waals surface area contributed by atoms with Crippen LogP contribution in [0.5, 0.6) is 5.75 Å². The molecule has 21 heavy (non-hydrogen) atoms. The van der Waals surface area contributed by atoms with Crippen molar-refractivity contribution in [3.63, 3.8) is 0 Å². The van der Waals surface area contributed by atoms with Gasteiger partial charge in [-0.2, -0.15) is 4.31 Å². The zero-order valence-corrected chi connectivity index (χ0v) is 13.2. The fourth-order valence-corrected chi connectivity index (χ4v) is 4.16. The van der Waals surface area contributed by atoms with Gasteiger partial charge in [-0.3, -0.25) is 4.79 Å². The highest BCUT2D eigenvalue weighted by molar-refractivity contribution is 7.89. The third kappa shape index (κ3) is 2.86. The Morgan fingerprint density at radius 1 is 1.48 bits per heavy atom. The molecular formula is C13H16ClNO5S. The van der Waals surface area contributed by atoms with Crippen molar-refractivity contribution in [1.29, 1.82) is 0 Å². The van der Waals surface area contributed by atoms with Gasteiger partial charge in [-0.15, -0.1) is 0 Å². The minimum Gasteiger partial charge on any atom is -0.495 e. The van der Waals surface area contributed by atoms with Gasteiger partial charge in [0.1, 0.15) is 10.6 Å². The smallest absolute Gasteiger partial charge is 0.310 e. The number of hydrogen-bond donors (Lipinski definition) is 1. The monoisotopic (exact) mass is 333 g/mol. The van der Waals surface area contributed by atoms with Gasteiger partial charge in [-0.05, 0) is 25.5 Å². The summed E-state index contributed by atoms with van der Waals surface area (Å²) < 4.78 is 31.5. The van der Waals surface area contributed by atoms with E-state index in [1.165, 1.54) is 29.6 Å². The quantitative estimate of drug-likeness (QED) is 0.908. The second-order valence-corrected chi connectivity index (χ2v) is 7.59. The molecule has 8 heteroatoms. The molecular weight excluding hydrogens is 318 g/mol. The number of carbonyl (C=O) groups is 1. The Kier molecular flexibility index (Phi) is 4.19. The molecule has 1 atom stereocenters. The first-order chi connectivity index (χ1) is 9.70. The van der Waals surface area contributed by atoms with Crippen LogP contribution in [0.1, 0.15) is 13.3 Å². The summed E-state index contributed by atoms with van der Waals surface area (Å²) in [6, 6.07) is 4.25. The summed E-state index contributed by atoms with van der Waals surface area (Å²) >= 11 is 5.83.